The van der Waals surface area contributed by atoms with Gasteiger partial charge in [0.15, 0.2) is 0 Å². The number of hydrogen-bond acceptors (Lipinski definition) is 7. The molecule has 202 valence electrons. The molecule has 9 nitrogen and oxygen atoms in total. The minimum absolute atomic E-state index is 0.124. The van der Waals surface area contributed by atoms with E-state index in [9.17, 15) is 22.8 Å². The van der Waals surface area contributed by atoms with Gasteiger partial charge in [0.1, 0.15) is 11.6 Å². The first-order valence-electron chi connectivity index (χ1n) is 12.4. The number of aromatic nitrogens is 2. The molecule has 39 heavy (non-hydrogen) atoms. The molecule has 0 aliphatic carbocycles. The Morgan fingerprint density at radius 3 is 2.54 bits per heavy atom. The maximum atomic E-state index is 12.9. The van der Waals surface area contributed by atoms with Crippen LogP contribution in [0.2, 0.25) is 0 Å². The molecule has 1 aromatic carbocycles. The second-order valence-electron chi connectivity index (χ2n) is 9.63. The zero-order chi connectivity index (χ0) is 27.7. The molecule has 2 amide bonds. The summed E-state index contributed by atoms with van der Waals surface area (Å²) < 4.78 is 38.8. The third-order valence-electron chi connectivity index (χ3n) is 7.14. The number of anilines is 4. The van der Waals surface area contributed by atoms with Crippen LogP contribution in [0.3, 0.4) is 0 Å². The van der Waals surface area contributed by atoms with Crippen molar-refractivity contribution in [2.75, 3.05) is 22.9 Å². The third-order valence-corrected chi connectivity index (χ3v) is 7.14. The minimum Gasteiger partial charge on any atom is -0.382 e. The van der Waals surface area contributed by atoms with Crippen LogP contribution in [0.15, 0.2) is 54.9 Å². The Labute approximate surface area is 222 Å². The second kappa shape index (κ2) is 10.4. The lowest BCUT2D eigenvalue weighted by molar-refractivity contribution is -0.137. The number of carbonyl (C=O) groups is 2. The van der Waals surface area contributed by atoms with Gasteiger partial charge in [-0.25, -0.2) is 9.97 Å². The molecule has 2 aliphatic rings. The number of rotatable bonds is 6. The van der Waals surface area contributed by atoms with E-state index in [1.54, 1.807) is 18.2 Å². The number of carbonyl (C=O) groups excluding carboxylic acids is 2. The number of nitrogens with two attached hydrogens (primary N) is 1. The van der Waals surface area contributed by atoms with Crippen molar-refractivity contribution in [3.05, 3.63) is 71.5 Å². The fourth-order valence-corrected chi connectivity index (χ4v) is 5.07. The highest BCUT2D eigenvalue weighted by atomic mass is 19.4. The number of benzene rings is 1. The lowest BCUT2D eigenvalue weighted by Gasteiger charge is -2.35. The fourth-order valence-electron chi connectivity index (χ4n) is 5.07. The Balaban J connectivity index is 1.29. The third kappa shape index (κ3) is 5.54. The highest BCUT2D eigenvalue weighted by molar-refractivity contribution is 6.07. The van der Waals surface area contributed by atoms with Gasteiger partial charge in [0.2, 0.25) is 5.91 Å². The molecule has 5 N–H and O–H groups in total. The van der Waals surface area contributed by atoms with Crippen LogP contribution in [0.5, 0.6) is 0 Å². The maximum Gasteiger partial charge on any atom is 0.416 e. The van der Waals surface area contributed by atoms with Gasteiger partial charge < -0.3 is 26.7 Å². The van der Waals surface area contributed by atoms with Gasteiger partial charge in [-0.1, -0.05) is 0 Å². The van der Waals surface area contributed by atoms with Crippen LogP contribution < -0.4 is 16.4 Å². The second-order valence-corrected chi connectivity index (χ2v) is 9.63. The molecular formula is C27H26F3N7O2. The molecule has 0 saturated carbocycles. The van der Waals surface area contributed by atoms with Gasteiger partial charge in [-0.2, -0.15) is 13.2 Å². The minimum atomic E-state index is -4.55. The summed E-state index contributed by atoms with van der Waals surface area (Å²) in [5.74, 6) is -0.628. The van der Waals surface area contributed by atoms with Crippen LogP contribution in [0.1, 0.15) is 47.2 Å². The van der Waals surface area contributed by atoms with Crippen molar-refractivity contribution in [1.82, 2.24) is 14.9 Å². The van der Waals surface area contributed by atoms with Crippen molar-refractivity contribution in [3.8, 4) is 0 Å². The van der Waals surface area contributed by atoms with E-state index < -0.39 is 17.6 Å². The molecule has 5 rings (SSSR count). The predicted molar refractivity (Wildman–Crippen MR) is 140 cm³/mol. The summed E-state index contributed by atoms with van der Waals surface area (Å²) in [6, 6.07) is 9.80. The van der Waals surface area contributed by atoms with Gasteiger partial charge >= 0.3 is 6.18 Å². The molecule has 12 heteroatoms. The topological polar surface area (TPSA) is 137 Å². The maximum absolute atomic E-state index is 12.9. The highest BCUT2D eigenvalue weighted by Crippen LogP contribution is 2.35. The zero-order valence-electron chi connectivity index (χ0n) is 20.8. The largest absolute Gasteiger partial charge is 0.416 e. The first kappa shape index (κ1) is 26.1. The van der Waals surface area contributed by atoms with Crippen molar-refractivity contribution in [2.45, 2.75) is 37.9 Å². The van der Waals surface area contributed by atoms with Gasteiger partial charge in [0, 0.05) is 59.8 Å². The summed E-state index contributed by atoms with van der Waals surface area (Å²) in [4.78, 5) is 34.6. The van der Waals surface area contributed by atoms with Gasteiger partial charge in [0.05, 0.1) is 11.3 Å². The smallest absolute Gasteiger partial charge is 0.382 e. The van der Waals surface area contributed by atoms with E-state index in [1.165, 1.54) is 18.3 Å². The molecule has 2 aliphatic heterocycles. The summed E-state index contributed by atoms with van der Waals surface area (Å²) >= 11 is 0. The first-order valence-corrected chi connectivity index (χ1v) is 12.4. The molecule has 2 aromatic heterocycles. The number of hydrogen-bond donors (Lipinski definition) is 4. The Bertz CT molecular complexity index is 1430. The molecule has 4 heterocycles. The number of amides is 2. The van der Waals surface area contributed by atoms with Crippen LogP contribution in [-0.2, 0) is 11.0 Å². The number of halogens is 3. The molecule has 2 atom stereocenters. The Morgan fingerprint density at radius 2 is 1.79 bits per heavy atom. The summed E-state index contributed by atoms with van der Waals surface area (Å²) in [5.41, 5.74) is 7.42. The molecule has 2 fully saturated rings. The summed E-state index contributed by atoms with van der Waals surface area (Å²) in [6.45, 7) is 0.508. The zero-order valence-corrected chi connectivity index (χ0v) is 20.8. The lowest BCUT2D eigenvalue weighted by Crippen LogP contribution is -2.43. The van der Waals surface area contributed by atoms with Gasteiger partial charge in [-0.3, -0.25) is 9.59 Å². The quantitative estimate of drug-likeness (QED) is 0.332. The van der Waals surface area contributed by atoms with Crippen molar-refractivity contribution in [3.63, 3.8) is 0 Å². The van der Waals surface area contributed by atoms with Crippen LogP contribution >= 0.6 is 0 Å². The number of alkyl halides is 3. The monoisotopic (exact) mass is 537 g/mol. The number of piperidine rings is 1. The SMILES string of the molecule is N=C(c1ccnc(N)c1Nc1ccc(C(=O)Nc2cc(C(F)(F)F)ccn2)cc1)[C@@H]1CC[C@H]2CCC(=O)N2C1. The van der Waals surface area contributed by atoms with Crippen molar-refractivity contribution in [1.29, 1.82) is 5.41 Å². The fraction of sp³-hybridized carbons (Fsp3) is 0.296. The average Bonchev–Trinajstić information content (AvgIpc) is 3.29. The summed E-state index contributed by atoms with van der Waals surface area (Å²) in [6.07, 6.45) is 1.06. The standard InChI is InChI=1S/C27H26F3N7O2/c28-27(29,30)17-9-11-33-21(13-17)36-26(39)15-1-4-18(5-2-15)35-24-20(10-12-34-25(24)32)23(31)16-3-6-19-7-8-22(38)37(19)14-16/h1-2,4-5,9-13,16,19,31,35H,3,6-8,14H2,(H2,32,34)(H,33,36,39)/t16-,19+/m1/s1. The lowest BCUT2D eigenvalue weighted by atomic mass is 9.86. The van der Waals surface area contributed by atoms with E-state index in [2.05, 4.69) is 20.6 Å². The first-order chi connectivity index (χ1) is 18.6. The molecule has 0 unspecified atom stereocenters. The van der Waals surface area contributed by atoms with Crippen LogP contribution in [0, 0.1) is 11.3 Å². The molecule has 0 spiro atoms. The Morgan fingerprint density at radius 1 is 1.05 bits per heavy atom. The van der Waals surface area contributed by atoms with Crippen LogP contribution in [0.25, 0.3) is 0 Å². The van der Waals surface area contributed by atoms with Crippen molar-refractivity contribution < 1.29 is 22.8 Å². The van der Waals surface area contributed by atoms with E-state index in [0.717, 1.165) is 37.6 Å². The van der Waals surface area contributed by atoms with Gasteiger partial charge in [-0.15, -0.1) is 0 Å². The highest BCUT2D eigenvalue weighted by Gasteiger charge is 2.38. The van der Waals surface area contributed by atoms with E-state index in [0.29, 0.717) is 35.6 Å². The molecular weight excluding hydrogens is 511 g/mol. The molecule has 0 radical (unpaired) electrons. The van der Waals surface area contributed by atoms with Crippen LogP contribution in [-0.4, -0.2) is 45.0 Å². The normalized spacial score (nSPS) is 18.9. The average molecular weight is 538 g/mol. The number of pyridine rings is 2. The van der Waals surface area contributed by atoms with E-state index in [1.807, 2.05) is 4.90 Å². The molecule has 3 aromatic rings. The van der Waals surface area contributed by atoms with E-state index in [-0.39, 0.29) is 35.1 Å². The molecule has 2 saturated heterocycles. The van der Waals surface area contributed by atoms with Crippen molar-refractivity contribution in [2.24, 2.45) is 5.92 Å². The van der Waals surface area contributed by atoms with Gasteiger partial charge in [-0.05, 0) is 61.7 Å². The van der Waals surface area contributed by atoms with E-state index in [4.69, 9.17) is 11.1 Å². The number of nitrogens with one attached hydrogen (secondary N) is 3. The summed E-state index contributed by atoms with van der Waals surface area (Å²) in [7, 11) is 0. The van der Waals surface area contributed by atoms with Gasteiger partial charge in [0.25, 0.3) is 5.91 Å². The number of nitrogen functional groups attached to an aromatic ring is 1. The van der Waals surface area contributed by atoms with E-state index >= 15 is 0 Å². The van der Waals surface area contributed by atoms with Crippen LogP contribution in [0.4, 0.5) is 36.2 Å². The number of nitrogens with zero attached hydrogens (tertiary/aromatic N) is 3. The number of fused-ring (bicyclic) bond motifs is 1. The Hall–Kier alpha value is -4.48. The Kier molecular flexibility index (Phi) is 6.94. The predicted octanol–water partition coefficient (Wildman–Crippen LogP) is 4.84. The van der Waals surface area contributed by atoms with Crippen molar-refractivity contribution >= 4 is 40.5 Å². The molecule has 0 bridgehead atoms. The summed E-state index contributed by atoms with van der Waals surface area (Å²) in [5, 5.41) is 14.5.